The van der Waals surface area contributed by atoms with E-state index in [-0.39, 0.29) is 11.3 Å². The molecule has 3 aromatic heterocycles. The molecule has 54 heavy (non-hydrogen) atoms. The summed E-state index contributed by atoms with van der Waals surface area (Å²) in [6.45, 7) is 4.75. The Hall–Kier alpha value is -6.58. The third kappa shape index (κ3) is 4.01. The van der Waals surface area contributed by atoms with Crippen LogP contribution in [0, 0.1) is 0 Å². The summed E-state index contributed by atoms with van der Waals surface area (Å²) in [6, 6.07) is 56.2. The van der Waals surface area contributed by atoms with Gasteiger partial charge in [-0.25, -0.2) is 0 Å². The monoisotopic (exact) mass is 692 g/mol. The van der Waals surface area contributed by atoms with Crippen molar-refractivity contribution in [2.24, 2.45) is 0 Å². The second-order valence-electron chi connectivity index (χ2n) is 15.7. The van der Waals surface area contributed by atoms with E-state index in [1.807, 2.05) is 0 Å². The Bertz CT molecular complexity index is 3180. The zero-order chi connectivity index (χ0) is 35.7. The van der Waals surface area contributed by atoms with Gasteiger partial charge in [0.1, 0.15) is 11.3 Å². The predicted molar refractivity (Wildman–Crippen MR) is 224 cm³/mol. The molecule has 0 bridgehead atoms. The average molecular weight is 693 g/mol. The van der Waals surface area contributed by atoms with Crippen molar-refractivity contribution in [2.75, 3.05) is 0 Å². The lowest BCUT2D eigenvalue weighted by Gasteiger charge is -2.22. The summed E-state index contributed by atoms with van der Waals surface area (Å²) in [4.78, 5) is 0. The fourth-order valence-electron chi connectivity index (χ4n) is 9.92. The molecule has 3 heteroatoms. The number of benzene rings is 7. The molecule has 0 radical (unpaired) electrons. The summed E-state index contributed by atoms with van der Waals surface area (Å²) in [6.07, 6.45) is 5.42. The molecule has 2 aliphatic rings. The second kappa shape index (κ2) is 10.7. The van der Waals surface area contributed by atoms with Crippen LogP contribution in [0.25, 0.3) is 83.2 Å². The number of rotatable bonds is 3. The van der Waals surface area contributed by atoms with Crippen molar-refractivity contribution in [3.05, 3.63) is 186 Å². The quantitative estimate of drug-likeness (QED) is 0.181. The van der Waals surface area contributed by atoms with Crippen molar-refractivity contribution in [2.45, 2.75) is 31.6 Å². The summed E-state index contributed by atoms with van der Waals surface area (Å²) in [5.41, 5.74) is 16.1. The van der Waals surface area contributed by atoms with Gasteiger partial charge in [0.05, 0.1) is 22.1 Å². The van der Waals surface area contributed by atoms with Crippen molar-refractivity contribution in [3.8, 4) is 22.5 Å². The van der Waals surface area contributed by atoms with Gasteiger partial charge in [0, 0.05) is 55.2 Å². The number of hydrogen-bond acceptors (Lipinski definition) is 1. The minimum absolute atomic E-state index is 0.102. The van der Waals surface area contributed by atoms with Gasteiger partial charge in [0.2, 0.25) is 0 Å². The Morgan fingerprint density at radius 3 is 1.80 bits per heavy atom. The van der Waals surface area contributed by atoms with E-state index in [0.29, 0.717) is 0 Å². The van der Waals surface area contributed by atoms with Crippen LogP contribution < -0.4 is 0 Å². The number of allylic oxidation sites excluding steroid dienone is 1. The molecular formula is C51H36N2O. The molecule has 3 heterocycles. The van der Waals surface area contributed by atoms with E-state index in [1.54, 1.807) is 0 Å². The first kappa shape index (κ1) is 29.9. The third-order valence-electron chi connectivity index (χ3n) is 12.5. The minimum Gasteiger partial charge on any atom is -0.456 e. The van der Waals surface area contributed by atoms with Crippen LogP contribution in [0.5, 0.6) is 0 Å². The van der Waals surface area contributed by atoms with Crippen molar-refractivity contribution in [1.29, 1.82) is 0 Å². The van der Waals surface area contributed by atoms with Gasteiger partial charge in [-0.3, -0.25) is 0 Å². The zero-order valence-corrected chi connectivity index (χ0v) is 30.2. The first-order chi connectivity index (χ1) is 26.5. The van der Waals surface area contributed by atoms with Gasteiger partial charge in [0.15, 0.2) is 0 Å². The molecule has 0 spiro atoms. The SMILES string of the molecule is CC1(C)c2ccccc2-c2cc3c4ccccc4n(-c4cc(C5C=Cc6oc7ccccc7c6C5)cc(-n5c6ccccc6c6ccccc65)c4)c3cc21. The molecule has 12 rings (SSSR count). The maximum atomic E-state index is 6.31. The molecule has 0 N–H and O–H groups in total. The summed E-state index contributed by atoms with van der Waals surface area (Å²) >= 11 is 0. The number of fused-ring (bicyclic) bond motifs is 12. The van der Waals surface area contributed by atoms with E-state index < -0.39 is 0 Å². The predicted octanol–water partition coefficient (Wildman–Crippen LogP) is 13.3. The van der Waals surface area contributed by atoms with Gasteiger partial charge >= 0.3 is 0 Å². The zero-order valence-electron chi connectivity index (χ0n) is 30.2. The lowest BCUT2D eigenvalue weighted by Crippen LogP contribution is -2.15. The summed E-state index contributed by atoms with van der Waals surface area (Å²) in [5, 5.41) is 6.30. The Morgan fingerprint density at radius 2 is 1.09 bits per heavy atom. The molecule has 0 saturated heterocycles. The van der Waals surface area contributed by atoms with Crippen LogP contribution in [-0.2, 0) is 11.8 Å². The summed E-state index contributed by atoms with van der Waals surface area (Å²) < 4.78 is 11.3. The van der Waals surface area contributed by atoms with E-state index in [9.17, 15) is 0 Å². The summed E-state index contributed by atoms with van der Waals surface area (Å²) in [5.74, 6) is 1.15. The topological polar surface area (TPSA) is 23.0 Å². The van der Waals surface area contributed by atoms with E-state index in [1.165, 1.54) is 88.1 Å². The second-order valence-corrected chi connectivity index (χ2v) is 15.7. The van der Waals surface area contributed by atoms with E-state index in [4.69, 9.17) is 4.42 Å². The largest absolute Gasteiger partial charge is 0.456 e. The Labute approximate surface area is 313 Å². The smallest absolute Gasteiger partial charge is 0.135 e. The number of aromatic nitrogens is 2. The summed E-state index contributed by atoms with van der Waals surface area (Å²) in [7, 11) is 0. The molecule has 10 aromatic rings. The number of furan rings is 1. The Morgan fingerprint density at radius 1 is 0.519 bits per heavy atom. The molecule has 2 aliphatic carbocycles. The number of nitrogens with zero attached hydrogens (tertiary/aromatic N) is 2. The van der Waals surface area contributed by atoms with Crippen LogP contribution in [0.3, 0.4) is 0 Å². The van der Waals surface area contributed by atoms with Gasteiger partial charge < -0.3 is 13.6 Å². The molecule has 0 saturated carbocycles. The highest BCUT2D eigenvalue weighted by Crippen LogP contribution is 2.51. The molecule has 0 amide bonds. The molecule has 1 atom stereocenters. The number of hydrogen-bond donors (Lipinski definition) is 0. The van der Waals surface area contributed by atoms with Crippen LogP contribution in [0.4, 0.5) is 0 Å². The van der Waals surface area contributed by atoms with Gasteiger partial charge in [-0.15, -0.1) is 0 Å². The highest BCUT2D eigenvalue weighted by molar-refractivity contribution is 6.12. The first-order valence-electron chi connectivity index (χ1n) is 19.0. The Kier molecular flexibility index (Phi) is 5.96. The minimum atomic E-state index is -0.102. The van der Waals surface area contributed by atoms with Gasteiger partial charge in [-0.05, 0) is 94.9 Å². The van der Waals surface area contributed by atoms with Gasteiger partial charge in [-0.1, -0.05) is 117 Å². The van der Waals surface area contributed by atoms with Crippen molar-refractivity contribution < 1.29 is 4.42 Å². The Balaban J connectivity index is 1.15. The molecule has 7 aromatic carbocycles. The van der Waals surface area contributed by atoms with Crippen LogP contribution in [-0.4, -0.2) is 9.13 Å². The maximum absolute atomic E-state index is 6.31. The van der Waals surface area contributed by atoms with E-state index in [0.717, 1.165) is 23.5 Å². The molecule has 256 valence electrons. The fraction of sp³-hybridized carbons (Fsp3) is 0.0980. The van der Waals surface area contributed by atoms with Crippen LogP contribution >= 0.6 is 0 Å². The van der Waals surface area contributed by atoms with Crippen LogP contribution in [0.1, 0.15) is 47.8 Å². The maximum Gasteiger partial charge on any atom is 0.135 e. The van der Waals surface area contributed by atoms with Crippen molar-refractivity contribution >= 4 is 60.7 Å². The van der Waals surface area contributed by atoms with Gasteiger partial charge in [0.25, 0.3) is 0 Å². The third-order valence-corrected chi connectivity index (χ3v) is 12.5. The van der Waals surface area contributed by atoms with Crippen LogP contribution in [0.2, 0.25) is 0 Å². The lowest BCUT2D eigenvalue weighted by molar-refractivity contribution is 0.591. The number of para-hydroxylation sites is 4. The highest BCUT2D eigenvalue weighted by atomic mass is 16.3. The molecule has 3 nitrogen and oxygen atoms in total. The highest BCUT2D eigenvalue weighted by Gasteiger charge is 2.36. The molecule has 0 aliphatic heterocycles. The molecule has 0 fully saturated rings. The first-order valence-corrected chi connectivity index (χ1v) is 19.0. The average Bonchev–Trinajstić information content (AvgIpc) is 3.92. The lowest BCUT2D eigenvalue weighted by atomic mass is 9.82. The van der Waals surface area contributed by atoms with E-state index in [2.05, 4.69) is 187 Å². The van der Waals surface area contributed by atoms with Gasteiger partial charge in [-0.2, -0.15) is 0 Å². The van der Waals surface area contributed by atoms with Crippen LogP contribution in [0.15, 0.2) is 162 Å². The van der Waals surface area contributed by atoms with Crippen molar-refractivity contribution in [1.82, 2.24) is 9.13 Å². The van der Waals surface area contributed by atoms with Crippen molar-refractivity contribution in [3.63, 3.8) is 0 Å². The molecular weight excluding hydrogens is 657 g/mol. The molecule has 1 unspecified atom stereocenters. The normalized spacial score (nSPS) is 15.8. The standard InChI is InChI=1S/C51H36N2O/c1-51(2)43-18-8-3-13-35(43)40-29-41-38-16-6-11-21-47(38)53(48(41)30-44(40)51)34-26-32(31-23-24-50-42(27-31)39-17-7-12-22-49(39)54-50)25-33(28-34)52-45-19-9-4-14-36(45)37-15-5-10-20-46(37)52/h3-26,28-31H,27H2,1-2H3. The van der Waals surface area contributed by atoms with E-state index >= 15 is 0 Å². The fourth-order valence-corrected chi connectivity index (χ4v) is 9.92.